The van der Waals surface area contributed by atoms with Crippen molar-refractivity contribution in [2.75, 3.05) is 32.9 Å². The molecule has 3 heteroatoms. The van der Waals surface area contributed by atoms with Crippen LogP contribution in [0, 0.1) is 17.8 Å². The van der Waals surface area contributed by atoms with Crippen LogP contribution in [0.15, 0.2) is 0 Å². The molecule has 1 aliphatic rings. The van der Waals surface area contributed by atoms with Crippen LogP contribution in [0.25, 0.3) is 0 Å². The largest absolute Gasteiger partial charge is 0.396 e. The fourth-order valence-electron chi connectivity index (χ4n) is 2.48. The van der Waals surface area contributed by atoms with Gasteiger partial charge in [-0.05, 0) is 43.6 Å². The van der Waals surface area contributed by atoms with Crippen LogP contribution in [0.2, 0.25) is 0 Å². The Balaban J connectivity index is 1.90. The first-order valence-corrected chi connectivity index (χ1v) is 7.13. The molecule has 1 rings (SSSR count). The van der Waals surface area contributed by atoms with Gasteiger partial charge in [0.05, 0.1) is 6.61 Å². The van der Waals surface area contributed by atoms with E-state index in [0.717, 1.165) is 38.6 Å². The highest BCUT2D eigenvalue weighted by Gasteiger charge is 2.25. The molecule has 0 amide bonds. The van der Waals surface area contributed by atoms with Crippen molar-refractivity contribution in [3.63, 3.8) is 0 Å². The van der Waals surface area contributed by atoms with Crippen LogP contribution in [0.5, 0.6) is 0 Å². The molecule has 1 fully saturated rings. The van der Waals surface area contributed by atoms with Gasteiger partial charge in [0, 0.05) is 19.8 Å². The maximum Gasteiger partial charge on any atom is 0.0590 e. The average molecular weight is 243 g/mol. The smallest absolute Gasteiger partial charge is 0.0590 e. The molecular weight excluding hydrogens is 214 g/mol. The van der Waals surface area contributed by atoms with Gasteiger partial charge in [-0.2, -0.15) is 0 Å². The molecule has 0 heterocycles. The highest BCUT2D eigenvalue weighted by Crippen LogP contribution is 2.30. The molecule has 2 N–H and O–H groups in total. The molecule has 2 atom stereocenters. The van der Waals surface area contributed by atoms with Crippen LogP contribution in [-0.2, 0) is 4.74 Å². The van der Waals surface area contributed by atoms with Gasteiger partial charge >= 0.3 is 0 Å². The molecule has 2 unspecified atom stereocenters. The molecule has 0 bridgehead atoms. The van der Waals surface area contributed by atoms with Gasteiger partial charge in [-0.3, -0.25) is 0 Å². The normalized spacial score (nSPS) is 24.7. The van der Waals surface area contributed by atoms with E-state index in [0.29, 0.717) is 18.4 Å². The molecule has 0 saturated heterocycles. The third-order valence-corrected chi connectivity index (χ3v) is 3.72. The topological polar surface area (TPSA) is 41.5 Å². The number of aliphatic hydroxyl groups excluding tert-OH is 1. The number of aliphatic hydroxyl groups is 1. The van der Waals surface area contributed by atoms with E-state index < -0.39 is 0 Å². The lowest BCUT2D eigenvalue weighted by Crippen LogP contribution is -2.29. The summed E-state index contributed by atoms with van der Waals surface area (Å²) in [7, 11) is 0. The Morgan fingerprint density at radius 1 is 1.24 bits per heavy atom. The summed E-state index contributed by atoms with van der Waals surface area (Å²) >= 11 is 0. The predicted molar refractivity (Wildman–Crippen MR) is 71.1 cm³/mol. The Morgan fingerprint density at radius 2 is 2.00 bits per heavy atom. The minimum Gasteiger partial charge on any atom is -0.396 e. The first-order valence-electron chi connectivity index (χ1n) is 7.13. The summed E-state index contributed by atoms with van der Waals surface area (Å²) in [6.07, 6.45) is 4.90. The molecule has 3 nitrogen and oxygen atoms in total. The van der Waals surface area contributed by atoms with Crippen LogP contribution in [0.4, 0.5) is 0 Å². The molecule has 0 aromatic heterocycles. The summed E-state index contributed by atoms with van der Waals surface area (Å²) in [5.74, 6) is 1.94. The minimum atomic E-state index is 0.358. The van der Waals surface area contributed by atoms with E-state index in [-0.39, 0.29) is 0 Å². The summed E-state index contributed by atoms with van der Waals surface area (Å²) in [6.45, 7) is 8.46. The monoisotopic (exact) mass is 243 g/mol. The van der Waals surface area contributed by atoms with Crippen LogP contribution >= 0.6 is 0 Å². The van der Waals surface area contributed by atoms with Crippen molar-refractivity contribution in [1.82, 2.24) is 5.32 Å². The molecule has 0 spiro atoms. The van der Waals surface area contributed by atoms with Gasteiger partial charge in [0.15, 0.2) is 0 Å². The van der Waals surface area contributed by atoms with Gasteiger partial charge in [0.1, 0.15) is 0 Å². The summed E-state index contributed by atoms with van der Waals surface area (Å²) < 4.78 is 5.55. The van der Waals surface area contributed by atoms with E-state index in [9.17, 15) is 5.11 Å². The molecule has 1 saturated carbocycles. The van der Waals surface area contributed by atoms with Gasteiger partial charge in [0.2, 0.25) is 0 Å². The summed E-state index contributed by atoms with van der Waals surface area (Å²) in [5, 5.41) is 12.7. The van der Waals surface area contributed by atoms with Crippen molar-refractivity contribution >= 4 is 0 Å². The third kappa shape index (κ3) is 6.39. The second kappa shape index (κ2) is 8.90. The number of hydrogen-bond acceptors (Lipinski definition) is 3. The van der Waals surface area contributed by atoms with Crippen molar-refractivity contribution in [1.29, 1.82) is 0 Å². The standard InChI is InChI=1S/C14H29NO2/c1-12(2)6-8-17-9-7-15-10-13-4-3-5-14(13)11-16/h12-16H,3-11H2,1-2H3. The molecule has 1 aliphatic carbocycles. The quantitative estimate of drug-likeness (QED) is 0.609. The second-order valence-electron chi connectivity index (χ2n) is 5.63. The Labute approximate surface area is 106 Å². The average Bonchev–Trinajstić information content (AvgIpc) is 2.74. The van der Waals surface area contributed by atoms with Crippen LogP contribution < -0.4 is 5.32 Å². The Kier molecular flexibility index (Phi) is 7.82. The van der Waals surface area contributed by atoms with E-state index in [2.05, 4.69) is 19.2 Å². The highest BCUT2D eigenvalue weighted by atomic mass is 16.5. The molecule has 0 aromatic carbocycles. The van der Waals surface area contributed by atoms with E-state index in [4.69, 9.17) is 4.74 Å². The predicted octanol–water partition coefficient (Wildman–Crippen LogP) is 2.05. The zero-order chi connectivity index (χ0) is 12.5. The fourth-order valence-corrected chi connectivity index (χ4v) is 2.48. The maximum absolute atomic E-state index is 9.21. The summed E-state index contributed by atoms with van der Waals surface area (Å²) in [5.41, 5.74) is 0. The molecule has 0 radical (unpaired) electrons. The van der Waals surface area contributed by atoms with Gasteiger partial charge in [-0.25, -0.2) is 0 Å². The Bertz CT molecular complexity index is 185. The lowest BCUT2D eigenvalue weighted by molar-refractivity contribution is 0.123. The highest BCUT2D eigenvalue weighted by molar-refractivity contribution is 4.78. The number of hydrogen-bond donors (Lipinski definition) is 2. The fraction of sp³-hybridized carbons (Fsp3) is 1.00. The first kappa shape index (κ1) is 14.9. The SMILES string of the molecule is CC(C)CCOCCNCC1CCCC1CO. The van der Waals surface area contributed by atoms with Crippen molar-refractivity contribution < 1.29 is 9.84 Å². The van der Waals surface area contributed by atoms with E-state index in [1.165, 1.54) is 19.3 Å². The number of ether oxygens (including phenoxy) is 1. The van der Waals surface area contributed by atoms with Crippen LogP contribution in [0.1, 0.15) is 39.5 Å². The Hall–Kier alpha value is -0.120. The van der Waals surface area contributed by atoms with Gasteiger partial charge in [-0.1, -0.05) is 20.3 Å². The second-order valence-corrected chi connectivity index (χ2v) is 5.63. The Morgan fingerprint density at radius 3 is 2.71 bits per heavy atom. The molecule has 0 aromatic rings. The summed E-state index contributed by atoms with van der Waals surface area (Å²) in [4.78, 5) is 0. The molecule has 102 valence electrons. The van der Waals surface area contributed by atoms with Gasteiger partial charge in [-0.15, -0.1) is 0 Å². The van der Waals surface area contributed by atoms with Crippen molar-refractivity contribution in [2.24, 2.45) is 17.8 Å². The molecule has 0 aliphatic heterocycles. The maximum atomic E-state index is 9.21. The van der Waals surface area contributed by atoms with Gasteiger partial charge in [0.25, 0.3) is 0 Å². The van der Waals surface area contributed by atoms with Crippen LogP contribution in [-0.4, -0.2) is 38.0 Å². The van der Waals surface area contributed by atoms with Crippen molar-refractivity contribution in [3.05, 3.63) is 0 Å². The number of nitrogens with one attached hydrogen (secondary N) is 1. The molecular formula is C14H29NO2. The first-order chi connectivity index (χ1) is 8.24. The summed E-state index contributed by atoms with van der Waals surface area (Å²) in [6, 6.07) is 0. The van der Waals surface area contributed by atoms with E-state index in [1.807, 2.05) is 0 Å². The third-order valence-electron chi connectivity index (χ3n) is 3.72. The van der Waals surface area contributed by atoms with Gasteiger partial charge < -0.3 is 15.2 Å². The molecule has 17 heavy (non-hydrogen) atoms. The zero-order valence-electron chi connectivity index (χ0n) is 11.5. The minimum absolute atomic E-state index is 0.358. The van der Waals surface area contributed by atoms with E-state index in [1.54, 1.807) is 0 Å². The van der Waals surface area contributed by atoms with Crippen molar-refractivity contribution in [3.8, 4) is 0 Å². The lowest BCUT2D eigenvalue weighted by atomic mass is 9.97. The van der Waals surface area contributed by atoms with E-state index >= 15 is 0 Å². The zero-order valence-corrected chi connectivity index (χ0v) is 11.5. The van der Waals surface area contributed by atoms with Crippen molar-refractivity contribution in [2.45, 2.75) is 39.5 Å². The number of rotatable bonds is 9. The van der Waals surface area contributed by atoms with Crippen LogP contribution in [0.3, 0.4) is 0 Å². The lowest BCUT2D eigenvalue weighted by Gasteiger charge is -2.17.